The maximum absolute atomic E-state index is 12.8. The van der Waals surface area contributed by atoms with Gasteiger partial charge in [-0.1, -0.05) is 19.4 Å². The fourth-order valence-electron chi connectivity index (χ4n) is 1.18. The van der Waals surface area contributed by atoms with E-state index in [9.17, 15) is 12.8 Å². The molecule has 0 saturated heterocycles. The van der Waals surface area contributed by atoms with Crippen LogP contribution < -0.4 is 4.72 Å². The highest BCUT2D eigenvalue weighted by Crippen LogP contribution is 2.08. The molecule has 0 aliphatic rings. The largest absolute Gasteiger partial charge is 0.302 e. The van der Waals surface area contributed by atoms with E-state index in [0.717, 1.165) is 18.9 Å². The second-order valence-corrected chi connectivity index (χ2v) is 5.41. The Morgan fingerprint density at radius 3 is 2.76 bits per heavy atom. The van der Waals surface area contributed by atoms with Gasteiger partial charge in [0, 0.05) is 13.6 Å². The summed E-state index contributed by atoms with van der Waals surface area (Å²) in [7, 11) is -2.18. The molecule has 0 spiro atoms. The molecule has 0 amide bonds. The molecule has 0 atom stereocenters. The highest BCUT2D eigenvalue weighted by Gasteiger charge is 2.17. The minimum absolute atomic E-state index is 0.0200. The minimum Gasteiger partial charge on any atom is -0.254 e. The van der Waals surface area contributed by atoms with Crippen molar-refractivity contribution in [1.29, 1.82) is 0 Å². The maximum Gasteiger partial charge on any atom is 0.302 e. The molecule has 0 aliphatic carbocycles. The fraction of sp³-hybridized carbons (Fsp3) is 0.500. The van der Waals surface area contributed by atoms with E-state index in [-0.39, 0.29) is 5.82 Å². The van der Waals surface area contributed by atoms with E-state index in [2.05, 4.69) is 9.71 Å². The van der Waals surface area contributed by atoms with Gasteiger partial charge in [0.05, 0.1) is 0 Å². The van der Waals surface area contributed by atoms with Crippen LogP contribution in [0.4, 0.5) is 10.2 Å². The van der Waals surface area contributed by atoms with Gasteiger partial charge in [-0.25, -0.2) is 4.98 Å². The number of anilines is 1. The molecule has 7 heteroatoms. The van der Waals surface area contributed by atoms with E-state index in [4.69, 9.17) is 0 Å². The zero-order chi connectivity index (χ0) is 12.9. The molecule has 1 aromatic rings. The number of pyridine rings is 1. The van der Waals surface area contributed by atoms with Crippen LogP contribution in [0.25, 0.3) is 0 Å². The van der Waals surface area contributed by atoms with Crippen LogP contribution in [-0.2, 0) is 10.2 Å². The van der Waals surface area contributed by atoms with Crippen molar-refractivity contribution >= 4 is 16.0 Å². The monoisotopic (exact) mass is 261 g/mol. The van der Waals surface area contributed by atoms with E-state index in [1.165, 1.54) is 23.5 Å². The normalized spacial score (nSPS) is 11.8. The fourth-order valence-corrected chi connectivity index (χ4v) is 2.08. The van der Waals surface area contributed by atoms with Crippen molar-refractivity contribution in [2.45, 2.75) is 19.8 Å². The number of hydrogen-bond acceptors (Lipinski definition) is 3. The molecule has 5 nitrogen and oxygen atoms in total. The molecule has 0 fully saturated rings. The quantitative estimate of drug-likeness (QED) is 0.791. The van der Waals surface area contributed by atoms with Crippen LogP contribution in [0.2, 0.25) is 0 Å². The maximum atomic E-state index is 12.8. The van der Waals surface area contributed by atoms with Gasteiger partial charge in [0.25, 0.3) is 0 Å². The standard InChI is InChI=1S/C10H16FN3O2S/c1-3-4-8-14(2)17(15,16)13-10-7-5-6-9(11)12-10/h5-7H,3-4,8H2,1-2H3,(H,12,13). The first-order valence-electron chi connectivity index (χ1n) is 5.32. The molecule has 96 valence electrons. The smallest absolute Gasteiger partial charge is 0.254 e. The summed E-state index contributed by atoms with van der Waals surface area (Å²) in [5.74, 6) is -0.741. The van der Waals surface area contributed by atoms with Crippen molar-refractivity contribution < 1.29 is 12.8 Å². The Labute approximate surface area is 101 Å². The molecule has 1 rings (SSSR count). The van der Waals surface area contributed by atoms with Gasteiger partial charge in [-0.3, -0.25) is 4.72 Å². The van der Waals surface area contributed by atoms with Gasteiger partial charge in [0.15, 0.2) is 0 Å². The number of aromatic nitrogens is 1. The molecule has 0 unspecified atom stereocenters. The van der Waals surface area contributed by atoms with Gasteiger partial charge in [0.1, 0.15) is 5.82 Å². The summed E-state index contributed by atoms with van der Waals surface area (Å²) in [6.07, 6.45) is 1.67. The molecular weight excluding hydrogens is 245 g/mol. The topological polar surface area (TPSA) is 62.3 Å². The third-order valence-electron chi connectivity index (χ3n) is 2.19. The van der Waals surface area contributed by atoms with Gasteiger partial charge in [-0.05, 0) is 18.6 Å². The molecule has 1 aromatic heterocycles. The summed E-state index contributed by atoms with van der Waals surface area (Å²) in [5.41, 5.74) is 0. The molecular formula is C10H16FN3O2S. The molecule has 0 radical (unpaired) electrons. The number of nitrogens with zero attached hydrogens (tertiary/aromatic N) is 2. The lowest BCUT2D eigenvalue weighted by Crippen LogP contribution is -2.33. The van der Waals surface area contributed by atoms with Crippen LogP contribution >= 0.6 is 0 Å². The van der Waals surface area contributed by atoms with Gasteiger partial charge in [-0.2, -0.15) is 17.1 Å². The van der Waals surface area contributed by atoms with Crippen LogP contribution in [0.1, 0.15) is 19.8 Å². The molecule has 0 aromatic carbocycles. The van der Waals surface area contributed by atoms with Crippen molar-refractivity contribution in [2.75, 3.05) is 18.3 Å². The number of rotatable bonds is 6. The first-order valence-corrected chi connectivity index (χ1v) is 6.76. The van der Waals surface area contributed by atoms with Crippen molar-refractivity contribution in [3.63, 3.8) is 0 Å². The Bertz CT molecular complexity index is 464. The highest BCUT2D eigenvalue weighted by atomic mass is 32.2. The van der Waals surface area contributed by atoms with Gasteiger partial charge < -0.3 is 0 Å². The van der Waals surface area contributed by atoms with Crippen LogP contribution in [-0.4, -0.2) is 31.3 Å². The molecule has 17 heavy (non-hydrogen) atoms. The summed E-state index contributed by atoms with van der Waals surface area (Å²) in [6.45, 7) is 2.39. The highest BCUT2D eigenvalue weighted by molar-refractivity contribution is 7.90. The molecule has 0 saturated carbocycles. The SMILES string of the molecule is CCCCN(C)S(=O)(=O)Nc1cccc(F)n1. The minimum atomic E-state index is -3.65. The second-order valence-electron chi connectivity index (χ2n) is 3.63. The Balaban J connectivity index is 2.72. The first kappa shape index (κ1) is 13.9. The Morgan fingerprint density at radius 2 is 2.18 bits per heavy atom. The average Bonchev–Trinajstić information content (AvgIpc) is 2.25. The zero-order valence-corrected chi connectivity index (χ0v) is 10.7. The lowest BCUT2D eigenvalue weighted by atomic mass is 10.3. The van der Waals surface area contributed by atoms with Crippen LogP contribution in [0.3, 0.4) is 0 Å². The van der Waals surface area contributed by atoms with Crippen molar-refractivity contribution in [3.05, 3.63) is 24.1 Å². The Kier molecular flexibility index (Phi) is 4.83. The van der Waals surface area contributed by atoms with E-state index < -0.39 is 16.2 Å². The van der Waals surface area contributed by atoms with E-state index >= 15 is 0 Å². The van der Waals surface area contributed by atoms with Crippen LogP contribution in [0.5, 0.6) is 0 Å². The van der Waals surface area contributed by atoms with Gasteiger partial charge in [0.2, 0.25) is 5.95 Å². The molecule has 0 aliphatic heterocycles. The van der Waals surface area contributed by atoms with Crippen molar-refractivity contribution in [1.82, 2.24) is 9.29 Å². The third-order valence-corrected chi connectivity index (χ3v) is 3.66. The average molecular weight is 261 g/mol. The van der Waals surface area contributed by atoms with Gasteiger partial charge in [-0.15, -0.1) is 0 Å². The van der Waals surface area contributed by atoms with Crippen molar-refractivity contribution in [3.8, 4) is 0 Å². The molecule has 0 bridgehead atoms. The Hall–Kier alpha value is -1.21. The van der Waals surface area contributed by atoms with Crippen LogP contribution in [0.15, 0.2) is 18.2 Å². The van der Waals surface area contributed by atoms with Crippen LogP contribution in [0, 0.1) is 5.95 Å². The van der Waals surface area contributed by atoms with Crippen molar-refractivity contribution in [2.24, 2.45) is 0 Å². The van der Waals surface area contributed by atoms with Gasteiger partial charge >= 0.3 is 10.2 Å². The zero-order valence-electron chi connectivity index (χ0n) is 9.85. The summed E-state index contributed by atoms with van der Waals surface area (Å²) in [6, 6.07) is 3.94. The third kappa shape index (κ3) is 4.27. The summed E-state index contributed by atoms with van der Waals surface area (Å²) < 4.78 is 39.7. The Morgan fingerprint density at radius 1 is 1.47 bits per heavy atom. The number of halogens is 1. The lowest BCUT2D eigenvalue weighted by Gasteiger charge is -2.17. The lowest BCUT2D eigenvalue weighted by molar-refractivity contribution is 0.463. The number of nitrogens with one attached hydrogen (secondary N) is 1. The summed E-state index contributed by atoms with van der Waals surface area (Å²) >= 11 is 0. The van der Waals surface area contributed by atoms with E-state index in [1.54, 1.807) is 0 Å². The van der Waals surface area contributed by atoms with E-state index in [1.807, 2.05) is 6.92 Å². The molecule has 1 N–H and O–H groups in total. The predicted molar refractivity (Wildman–Crippen MR) is 64.3 cm³/mol. The summed E-state index contributed by atoms with van der Waals surface area (Å²) in [5, 5.41) is 0. The van der Waals surface area contributed by atoms with E-state index in [0.29, 0.717) is 6.54 Å². The molecule has 1 heterocycles. The number of unbranched alkanes of at least 4 members (excludes halogenated alkanes) is 1. The number of hydrogen-bond donors (Lipinski definition) is 1. The second kappa shape index (κ2) is 5.92. The first-order chi connectivity index (χ1) is 7.95. The predicted octanol–water partition coefficient (Wildman–Crippen LogP) is 1.61. The summed E-state index contributed by atoms with van der Waals surface area (Å²) in [4.78, 5) is 3.44.